The van der Waals surface area contributed by atoms with E-state index in [1.165, 1.54) is 36.7 Å². The van der Waals surface area contributed by atoms with Crippen LogP contribution in [-0.2, 0) is 0 Å². The molecule has 0 bridgehead atoms. The van der Waals surface area contributed by atoms with Gasteiger partial charge >= 0.3 is 6.36 Å². The van der Waals surface area contributed by atoms with Crippen molar-refractivity contribution in [1.82, 2.24) is 9.97 Å². The Kier molecular flexibility index (Phi) is 6.30. The molecule has 4 N–H and O–H groups in total. The van der Waals surface area contributed by atoms with Crippen molar-refractivity contribution >= 4 is 28.8 Å². The molecule has 1 amide bonds. The van der Waals surface area contributed by atoms with Crippen molar-refractivity contribution in [3.8, 4) is 17.0 Å². The Morgan fingerprint density at radius 2 is 1.47 bits per heavy atom. The van der Waals surface area contributed by atoms with E-state index in [4.69, 9.17) is 5.73 Å². The topological polar surface area (TPSA) is 102 Å². The predicted octanol–water partition coefficient (Wildman–Crippen LogP) is 5.62. The molecule has 0 fully saturated rings. The molecular weight excluding hydrogens is 447 g/mol. The zero-order valence-corrected chi connectivity index (χ0v) is 17.5. The molecule has 172 valence electrons. The van der Waals surface area contributed by atoms with Gasteiger partial charge in [-0.3, -0.25) is 9.78 Å². The Morgan fingerprint density at radius 1 is 0.824 bits per heavy atom. The second-order valence-electron chi connectivity index (χ2n) is 7.14. The maximum atomic E-state index is 12.3. The molecule has 4 aromatic rings. The summed E-state index contributed by atoms with van der Waals surface area (Å²) < 4.78 is 40.7. The minimum absolute atomic E-state index is 0.250. The molecule has 10 heteroatoms. The van der Waals surface area contributed by atoms with Crippen molar-refractivity contribution < 1.29 is 22.7 Å². The minimum Gasteiger partial charge on any atom is -0.406 e. The third-order valence-electron chi connectivity index (χ3n) is 4.62. The molecule has 0 spiro atoms. The molecule has 0 atom stereocenters. The first kappa shape index (κ1) is 22.6. The van der Waals surface area contributed by atoms with Gasteiger partial charge in [0.15, 0.2) is 0 Å². The Hall–Kier alpha value is -4.60. The summed E-state index contributed by atoms with van der Waals surface area (Å²) in [5, 5.41) is 5.89. The van der Waals surface area contributed by atoms with Crippen LogP contribution in [0.15, 0.2) is 85.2 Å². The second kappa shape index (κ2) is 9.49. The van der Waals surface area contributed by atoms with E-state index in [0.29, 0.717) is 34.0 Å². The van der Waals surface area contributed by atoms with Gasteiger partial charge < -0.3 is 21.1 Å². The van der Waals surface area contributed by atoms with Crippen LogP contribution in [0.3, 0.4) is 0 Å². The number of halogens is 3. The summed E-state index contributed by atoms with van der Waals surface area (Å²) in [6.07, 6.45) is -1.73. The molecule has 1 aromatic heterocycles. The highest BCUT2D eigenvalue weighted by molar-refractivity contribution is 6.04. The van der Waals surface area contributed by atoms with Gasteiger partial charge in [-0.2, -0.15) is 0 Å². The van der Waals surface area contributed by atoms with Crippen molar-refractivity contribution in [3.63, 3.8) is 0 Å². The maximum absolute atomic E-state index is 12.3. The van der Waals surface area contributed by atoms with Gasteiger partial charge in [0.2, 0.25) is 0 Å². The van der Waals surface area contributed by atoms with Gasteiger partial charge in [-0.25, -0.2) is 4.98 Å². The van der Waals surface area contributed by atoms with Crippen LogP contribution in [-0.4, -0.2) is 22.2 Å². The van der Waals surface area contributed by atoms with Gasteiger partial charge in [-0.1, -0.05) is 0 Å². The Morgan fingerprint density at radius 3 is 2.06 bits per heavy atom. The summed E-state index contributed by atoms with van der Waals surface area (Å²) in [6.45, 7) is 0. The number of rotatable bonds is 6. The van der Waals surface area contributed by atoms with E-state index in [-0.39, 0.29) is 11.7 Å². The van der Waals surface area contributed by atoms with Crippen LogP contribution in [0.4, 0.5) is 36.1 Å². The van der Waals surface area contributed by atoms with Crippen LogP contribution in [0.2, 0.25) is 0 Å². The first-order valence-electron chi connectivity index (χ1n) is 9.97. The second-order valence-corrected chi connectivity index (χ2v) is 7.14. The first-order valence-corrected chi connectivity index (χ1v) is 9.97. The van der Waals surface area contributed by atoms with E-state index in [1.54, 1.807) is 48.5 Å². The molecule has 0 saturated heterocycles. The van der Waals surface area contributed by atoms with Crippen LogP contribution < -0.4 is 21.1 Å². The molecule has 0 aliphatic heterocycles. The van der Waals surface area contributed by atoms with Crippen LogP contribution in [0.1, 0.15) is 10.4 Å². The summed E-state index contributed by atoms with van der Waals surface area (Å²) in [6, 6.07) is 19.0. The highest BCUT2D eigenvalue weighted by Crippen LogP contribution is 2.26. The highest BCUT2D eigenvalue weighted by atomic mass is 19.4. The van der Waals surface area contributed by atoms with Gasteiger partial charge in [0.05, 0.1) is 18.1 Å². The van der Waals surface area contributed by atoms with Crippen molar-refractivity contribution in [2.75, 3.05) is 16.4 Å². The average Bonchev–Trinajstić information content (AvgIpc) is 2.81. The third-order valence-corrected chi connectivity index (χ3v) is 4.62. The molecule has 0 aliphatic carbocycles. The van der Waals surface area contributed by atoms with Crippen LogP contribution >= 0.6 is 0 Å². The van der Waals surface area contributed by atoms with Gasteiger partial charge in [0.1, 0.15) is 11.6 Å². The molecule has 4 rings (SSSR count). The van der Waals surface area contributed by atoms with Crippen molar-refractivity contribution in [2.45, 2.75) is 6.36 Å². The molecule has 0 radical (unpaired) electrons. The van der Waals surface area contributed by atoms with Gasteiger partial charge in [0, 0.05) is 28.2 Å². The molecule has 0 saturated carbocycles. The number of aromatic nitrogens is 2. The monoisotopic (exact) mass is 465 g/mol. The summed E-state index contributed by atoms with van der Waals surface area (Å²) in [5.74, 6) is -0.0878. The number of hydrogen-bond acceptors (Lipinski definition) is 6. The quantitative estimate of drug-likeness (QED) is 0.320. The summed E-state index contributed by atoms with van der Waals surface area (Å²) in [5.41, 5.74) is 9.13. The van der Waals surface area contributed by atoms with E-state index in [2.05, 4.69) is 25.3 Å². The number of nitrogen functional groups attached to an aromatic ring is 1. The number of nitrogens with two attached hydrogens (primary N) is 1. The molecule has 7 nitrogen and oxygen atoms in total. The number of carbonyl (C=O) groups is 1. The summed E-state index contributed by atoms with van der Waals surface area (Å²) in [7, 11) is 0. The Bertz CT molecular complexity index is 1260. The largest absolute Gasteiger partial charge is 0.573 e. The summed E-state index contributed by atoms with van der Waals surface area (Å²) >= 11 is 0. The van der Waals surface area contributed by atoms with Gasteiger partial charge in [-0.15, -0.1) is 13.2 Å². The fraction of sp³-hybridized carbons (Fsp3) is 0.0417. The molecule has 1 heterocycles. The van der Waals surface area contributed by atoms with Gasteiger partial charge in [-0.05, 0) is 72.8 Å². The lowest BCUT2D eigenvalue weighted by Crippen LogP contribution is -2.16. The number of hydrogen-bond donors (Lipinski definition) is 3. The van der Waals surface area contributed by atoms with E-state index >= 15 is 0 Å². The number of carbonyl (C=O) groups excluding carboxylic acids is 1. The zero-order chi connectivity index (χ0) is 24.1. The lowest BCUT2D eigenvalue weighted by atomic mass is 10.1. The maximum Gasteiger partial charge on any atom is 0.573 e. The van der Waals surface area contributed by atoms with Crippen LogP contribution in [0.25, 0.3) is 11.3 Å². The lowest BCUT2D eigenvalue weighted by Gasteiger charge is -2.10. The van der Waals surface area contributed by atoms with Crippen molar-refractivity contribution in [1.29, 1.82) is 0 Å². The molecule has 34 heavy (non-hydrogen) atoms. The number of nitrogens with one attached hydrogen (secondary N) is 2. The molecular formula is C24H18F3N5O2. The molecule has 3 aromatic carbocycles. The fourth-order valence-electron chi connectivity index (χ4n) is 2.99. The van der Waals surface area contributed by atoms with Crippen LogP contribution in [0.5, 0.6) is 5.75 Å². The number of anilines is 4. The standard InChI is InChI=1S/C24H18F3N5O2/c25-24(26,27)34-20-11-3-15(4-12-20)21-13-30-22(14-29-21)31-18-7-9-19(10-8-18)32-23(33)16-1-5-17(28)6-2-16/h1-14H,28H2,(H,30,31)(H,32,33). The van der Waals surface area contributed by atoms with Crippen LogP contribution in [0, 0.1) is 0 Å². The first-order chi connectivity index (χ1) is 16.2. The smallest absolute Gasteiger partial charge is 0.406 e. The number of ether oxygens (including phenoxy) is 1. The normalized spacial score (nSPS) is 11.0. The number of alkyl halides is 3. The number of amides is 1. The van der Waals surface area contributed by atoms with Crippen molar-refractivity contribution in [3.05, 3.63) is 90.8 Å². The van der Waals surface area contributed by atoms with Crippen molar-refractivity contribution in [2.24, 2.45) is 0 Å². The van der Waals surface area contributed by atoms with Gasteiger partial charge in [0.25, 0.3) is 5.91 Å². The SMILES string of the molecule is Nc1ccc(C(=O)Nc2ccc(Nc3cnc(-c4ccc(OC(F)(F)F)cc4)cn3)cc2)cc1. The van der Waals surface area contributed by atoms with E-state index in [1.807, 2.05) is 0 Å². The predicted molar refractivity (Wildman–Crippen MR) is 123 cm³/mol. The van der Waals surface area contributed by atoms with E-state index in [9.17, 15) is 18.0 Å². The summed E-state index contributed by atoms with van der Waals surface area (Å²) in [4.78, 5) is 20.9. The zero-order valence-electron chi connectivity index (χ0n) is 17.5. The minimum atomic E-state index is -4.74. The molecule has 0 aliphatic rings. The lowest BCUT2D eigenvalue weighted by molar-refractivity contribution is -0.274. The van der Waals surface area contributed by atoms with E-state index < -0.39 is 6.36 Å². The Balaban J connectivity index is 1.36. The fourth-order valence-corrected chi connectivity index (χ4v) is 2.99. The Labute approximate surface area is 192 Å². The van der Waals surface area contributed by atoms with E-state index in [0.717, 1.165) is 5.69 Å². The number of nitrogens with zero attached hydrogens (tertiary/aromatic N) is 2. The average molecular weight is 465 g/mol. The number of benzene rings is 3. The highest BCUT2D eigenvalue weighted by Gasteiger charge is 2.30. The molecule has 0 unspecified atom stereocenters. The third kappa shape index (κ3) is 6.00.